The van der Waals surface area contributed by atoms with Crippen LogP contribution in [0.15, 0.2) is 42.4 Å². The first-order valence-electron chi connectivity index (χ1n) is 10.6. The highest BCUT2D eigenvalue weighted by Gasteiger charge is 2.18. The number of pyridine rings is 1. The van der Waals surface area contributed by atoms with Gasteiger partial charge >= 0.3 is 0 Å². The van der Waals surface area contributed by atoms with Crippen LogP contribution in [0.5, 0.6) is 11.5 Å². The first-order valence-corrected chi connectivity index (χ1v) is 10.6. The summed E-state index contributed by atoms with van der Waals surface area (Å²) in [7, 11) is 3.73. The van der Waals surface area contributed by atoms with Crippen molar-refractivity contribution in [1.29, 1.82) is 5.41 Å². The van der Waals surface area contributed by atoms with Crippen LogP contribution in [0.25, 0.3) is 11.0 Å². The van der Waals surface area contributed by atoms with Crippen molar-refractivity contribution >= 4 is 34.4 Å². The van der Waals surface area contributed by atoms with Crippen molar-refractivity contribution in [3.63, 3.8) is 0 Å². The zero-order valence-electron chi connectivity index (χ0n) is 20.1. The lowest BCUT2D eigenvalue weighted by atomic mass is 9.90. The molecule has 2 heterocycles. The lowest BCUT2D eigenvalue weighted by molar-refractivity contribution is -0.114. The van der Waals surface area contributed by atoms with Crippen molar-refractivity contribution in [1.82, 2.24) is 19.9 Å². The second-order valence-corrected chi connectivity index (χ2v) is 8.81. The number of hydrogen-bond donors (Lipinski definition) is 4. The van der Waals surface area contributed by atoms with Crippen LogP contribution in [0.1, 0.15) is 33.3 Å². The maximum absolute atomic E-state index is 11.3. The lowest BCUT2D eigenvalue weighted by Gasteiger charge is -2.18. The first-order chi connectivity index (χ1) is 15.5. The fourth-order valence-corrected chi connectivity index (χ4v) is 3.20. The molecule has 0 aliphatic rings. The fourth-order valence-electron chi connectivity index (χ4n) is 3.20. The third-order valence-corrected chi connectivity index (χ3v) is 5.12. The normalized spacial score (nSPS) is 11.9. The number of anilines is 2. The molecule has 0 fully saturated rings. The molecule has 0 atom stereocenters. The molecule has 1 aromatic carbocycles. The van der Waals surface area contributed by atoms with Crippen molar-refractivity contribution < 1.29 is 9.53 Å². The van der Waals surface area contributed by atoms with E-state index in [-0.39, 0.29) is 11.3 Å². The fraction of sp³-hybridized carbons (Fsp3) is 0.333. The third kappa shape index (κ3) is 5.49. The predicted molar refractivity (Wildman–Crippen MR) is 132 cm³/mol. The van der Waals surface area contributed by atoms with Crippen molar-refractivity contribution in [2.45, 2.75) is 34.6 Å². The number of rotatable bonds is 7. The molecule has 0 radical (unpaired) electrons. The summed E-state index contributed by atoms with van der Waals surface area (Å²) in [6, 6.07) is 7.19. The summed E-state index contributed by atoms with van der Waals surface area (Å²) in [6.07, 6.45) is 3.36. The van der Waals surface area contributed by atoms with E-state index in [1.807, 2.05) is 51.4 Å². The molecule has 0 spiro atoms. The Morgan fingerprint density at radius 1 is 1.21 bits per heavy atom. The number of imidazole rings is 1. The molecular weight excluding hydrogens is 418 g/mol. The van der Waals surface area contributed by atoms with Gasteiger partial charge in [-0.2, -0.15) is 0 Å². The number of hydrogen-bond acceptors (Lipinski definition) is 7. The Morgan fingerprint density at radius 2 is 1.94 bits per heavy atom. The van der Waals surface area contributed by atoms with Crippen LogP contribution in [0, 0.1) is 17.7 Å². The van der Waals surface area contributed by atoms with Gasteiger partial charge in [0.05, 0.1) is 11.0 Å². The smallest absolute Gasteiger partial charge is 0.222 e. The number of ether oxygens (including phenoxy) is 1. The minimum atomic E-state index is -0.258. The summed E-state index contributed by atoms with van der Waals surface area (Å²) in [5, 5.41) is 17.3. The highest BCUT2D eigenvalue weighted by molar-refractivity contribution is 5.97. The molecule has 0 saturated heterocycles. The van der Waals surface area contributed by atoms with Gasteiger partial charge in [0.2, 0.25) is 11.9 Å². The van der Waals surface area contributed by atoms with E-state index < -0.39 is 0 Å². The van der Waals surface area contributed by atoms with Crippen molar-refractivity contribution in [2.75, 3.05) is 17.7 Å². The molecule has 174 valence electrons. The van der Waals surface area contributed by atoms with Gasteiger partial charge in [0, 0.05) is 50.0 Å². The van der Waals surface area contributed by atoms with E-state index in [0.717, 1.165) is 16.6 Å². The van der Waals surface area contributed by atoms with Gasteiger partial charge in [0.15, 0.2) is 0 Å². The SMILES string of the molecule is CN/C(=C\C(=N)C(C)(C)C)Nc1nc2ccc(Oc3ccnc(NC(C)=O)c3)c(C)c2n1C. The van der Waals surface area contributed by atoms with Crippen molar-refractivity contribution in [3.05, 3.63) is 47.9 Å². The van der Waals surface area contributed by atoms with E-state index in [4.69, 9.17) is 15.1 Å². The Balaban J connectivity index is 1.92. The zero-order chi connectivity index (χ0) is 24.3. The molecule has 0 saturated carbocycles. The topological polar surface area (TPSA) is 117 Å². The summed E-state index contributed by atoms with van der Waals surface area (Å²) < 4.78 is 8.05. The van der Waals surface area contributed by atoms with E-state index in [9.17, 15) is 4.79 Å². The highest BCUT2D eigenvalue weighted by atomic mass is 16.5. The van der Waals surface area contributed by atoms with Crippen LogP contribution >= 0.6 is 0 Å². The highest BCUT2D eigenvalue weighted by Crippen LogP contribution is 2.32. The number of carbonyl (C=O) groups is 1. The number of benzene rings is 1. The number of nitrogens with zero attached hydrogens (tertiary/aromatic N) is 3. The van der Waals surface area contributed by atoms with Crippen LogP contribution in [-0.2, 0) is 11.8 Å². The monoisotopic (exact) mass is 449 g/mol. The molecule has 9 heteroatoms. The predicted octanol–water partition coefficient (Wildman–Crippen LogP) is 4.57. The summed E-state index contributed by atoms with van der Waals surface area (Å²) in [4.78, 5) is 20.1. The maximum Gasteiger partial charge on any atom is 0.222 e. The molecule has 3 rings (SSSR count). The van der Waals surface area contributed by atoms with E-state index in [1.54, 1.807) is 31.5 Å². The van der Waals surface area contributed by atoms with Gasteiger partial charge in [-0.15, -0.1) is 0 Å². The van der Waals surface area contributed by atoms with Crippen LogP contribution in [-0.4, -0.2) is 33.2 Å². The van der Waals surface area contributed by atoms with Crippen LogP contribution in [0.4, 0.5) is 11.8 Å². The standard InChI is InChI=1S/C24H31N7O2/c1-14-18(33-16-10-11-27-21(12-16)28-15(2)32)9-8-17-22(14)31(7)23(29-17)30-20(26-6)13-19(25)24(3,4)5/h8-13,25-26H,1-7H3,(H,29,30)(H,27,28,32)/b20-13+,25-19?. The molecule has 2 aromatic heterocycles. The van der Waals surface area contributed by atoms with Gasteiger partial charge in [-0.25, -0.2) is 9.97 Å². The zero-order valence-corrected chi connectivity index (χ0v) is 20.1. The summed E-state index contributed by atoms with van der Waals surface area (Å²) in [5.41, 5.74) is 2.91. The van der Waals surface area contributed by atoms with Gasteiger partial charge < -0.3 is 30.7 Å². The Bertz CT molecular complexity index is 1240. The second-order valence-electron chi connectivity index (χ2n) is 8.81. The number of aryl methyl sites for hydroxylation is 2. The van der Waals surface area contributed by atoms with Crippen LogP contribution in [0.3, 0.4) is 0 Å². The third-order valence-electron chi connectivity index (χ3n) is 5.12. The van der Waals surface area contributed by atoms with Gasteiger partial charge in [-0.05, 0) is 31.2 Å². The number of nitrogens with one attached hydrogen (secondary N) is 4. The minimum Gasteiger partial charge on any atom is -0.457 e. The van der Waals surface area contributed by atoms with Gasteiger partial charge in [0.1, 0.15) is 23.1 Å². The summed E-state index contributed by atoms with van der Waals surface area (Å²) in [6.45, 7) is 9.41. The Morgan fingerprint density at radius 3 is 2.58 bits per heavy atom. The number of amides is 1. The molecule has 3 aromatic rings. The number of fused-ring (bicyclic) bond motifs is 1. The molecule has 33 heavy (non-hydrogen) atoms. The quantitative estimate of drug-likeness (QED) is 0.393. The van der Waals surface area contributed by atoms with Gasteiger partial charge in [-0.1, -0.05) is 20.8 Å². The van der Waals surface area contributed by atoms with Crippen LogP contribution < -0.4 is 20.7 Å². The number of carbonyl (C=O) groups excluding carboxylic acids is 1. The van der Waals surface area contributed by atoms with E-state index in [2.05, 4.69) is 20.9 Å². The van der Waals surface area contributed by atoms with Crippen LogP contribution in [0.2, 0.25) is 0 Å². The minimum absolute atomic E-state index is 0.195. The first kappa shape index (κ1) is 23.8. The molecular formula is C24H31N7O2. The Kier molecular flexibility index (Phi) is 6.71. The van der Waals surface area contributed by atoms with E-state index in [0.29, 0.717) is 34.8 Å². The van der Waals surface area contributed by atoms with E-state index in [1.165, 1.54) is 6.92 Å². The van der Waals surface area contributed by atoms with Crippen molar-refractivity contribution in [2.24, 2.45) is 12.5 Å². The van der Waals surface area contributed by atoms with Gasteiger partial charge in [-0.3, -0.25) is 4.79 Å². The summed E-state index contributed by atoms with van der Waals surface area (Å²) in [5.74, 6) is 2.81. The second kappa shape index (κ2) is 9.32. The molecule has 1 amide bonds. The molecule has 0 aliphatic heterocycles. The Labute approximate surface area is 193 Å². The molecule has 9 nitrogen and oxygen atoms in total. The molecule has 0 unspecified atom stereocenters. The van der Waals surface area contributed by atoms with Gasteiger partial charge in [0.25, 0.3) is 0 Å². The molecule has 0 bridgehead atoms. The average Bonchev–Trinajstić information content (AvgIpc) is 3.04. The molecule has 4 N–H and O–H groups in total. The molecule has 0 aliphatic carbocycles. The number of aromatic nitrogens is 3. The summed E-state index contributed by atoms with van der Waals surface area (Å²) >= 11 is 0. The maximum atomic E-state index is 11.3. The van der Waals surface area contributed by atoms with E-state index >= 15 is 0 Å². The largest absolute Gasteiger partial charge is 0.457 e. The van der Waals surface area contributed by atoms with Crippen molar-refractivity contribution in [3.8, 4) is 11.5 Å². The Hall–Kier alpha value is -3.88. The number of allylic oxidation sites excluding steroid dienone is 1. The average molecular weight is 450 g/mol. The lowest BCUT2D eigenvalue weighted by Crippen LogP contribution is -2.23.